The SMILES string of the molecule is CC[C@H](O)C(=O)NCc1cc2c(nc1OC)CN(C1CCCC1)C2=O. The largest absolute Gasteiger partial charge is 0.481 e. The molecule has 2 aliphatic rings. The predicted molar refractivity (Wildman–Crippen MR) is 91.1 cm³/mol. The summed E-state index contributed by atoms with van der Waals surface area (Å²) in [6.07, 6.45) is 3.74. The molecular formula is C18H25N3O4. The second-order valence-electron chi connectivity index (χ2n) is 6.66. The fraction of sp³-hybridized carbons (Fsp3) is 0.611. The maximum Gasteiger partial charge on any atom is 0.256 e. The number of rotatable bonds is 6. The Bertz CT molecular complexity index is 671. The number of fused-ring (bicyclic) bond motifs is 1. The van der Waals surface area contributed by atoms with Gasteiger partial charge < -0.3 is 20.1 Å². The zero-order valence-electron chi connectivity index (χ0n) is 14.7. The summed E-state index contributed by atoms with van der Waals surface area (Å²) >= 11 is 0. The summed E-state index contributed by atoms with van der Waals surface area (Å²) in [5.74, 6) is -0.0201. The Hall–Kier alpha value is -2.15. The summed E-state index contributed by atoms with van der Waals surface area (Å²) in [6, 6.07) is 2.06. The fourth-order valence-electron chi connectivity index (χ4n) is 3.57. The highest BCUT2D eigenvalue weighted by atomic mass is 16.5. The lowest BCUT2D eigenvalue weighted by Gasteiger charge is -2.22. The molecule has 2 N–H and O–H groups in total. The number of carbonyl (C=O) groups excluding carboxylic acids is 2. The second-order valence-corrected chi connectivity index (χ2v) is 6.66. The number of hydrogen-bond acceptors (Lipinski definition) is 5. The van der Waals surface area contributed by atoms with Crippen molar-refractivity contribution in [2.45, 2.75) is 64.3 Å². The van der Waals surface area contributed by atoms with E-state index in [-0.39, 0.29) is 12.5 Å². The molecule has 1 fully saturated rings. The van der Waals surface area contributed by atoms with Crippen molar-refractivity contribution in [1.29, 1.82) is 0 Å². The first kappa shape index (κ1) is 17.7. The van der Waals surface area contributed by atoms with E-state index < -0.39 is 12.0 Å². The third-order valence-corrected chi connectivity index (χ3v) is 5.05. The van der Waals surface area contributed by atoms with Gasteiger partial charge in [-0.2, -0.15) is 0 Å². The molecule has 0 unspecified atom stereocenters. The molecule has 1 aromatic heterocycles. The van der Waals surface area contributed by atoms with E-state index in [0.29, 0.717) is 36.0 Å². The lowest BCUT2D eigenvalue weighted by molar-refractivity contribution is -0.129. The number of ether oxygens (including phenoxy) is 1. The number of methoxy groups -OCH3 is 1. The van der Waals surface area contributed by atoms with Crippen LogP contribution in [0, 0.1) is 0 Å². The molecule has 0 radical (unpaired) electrons. The van der Waals surface area contributed by atoms with Crippen LogP contribution in [-0.4, -0.2) is 46.1 Å². The van der Waals surface area contributed by atoms with Gasteiger partial charge in [-0.15, -0.1) is 0 Å². The Labute approximate surface area is 147 Å². The van der Waals surface area contributed by atoms with Crippen molar-refractivity contribution in [1.82, 2.24) is 15.2 Å². The van der Waals surface area contributed by atoms with Gasteiger partial charge in [-0.25, -0.2) is 4.98 Å². The van der Waals surface area contributed by atoms with Gasteiger partial charge in [-0.05, 0) is 25.3 Å². The van der Waals surface area contributed by atoms with Gasteiger partial charge in [-0.1, -0.05) is 19.8 Å². The molecule has 2 heterocycles. The molecule has 0 spiro atoms. The highest BCUT2D eigenvalue weighted by Gasteiger charge is 2.35. The van der Waals surface area contributed by atoms with Crippen LogP contribution < -0.4 is 10.1 Å². The van der Waals surface area contributed by atoms with Crippen LogP contribution in [0.15, 0.2) is 6.07 Å². The monoisotopic (exact) mass is 347 g/mol. The lowest BCUT2D eigenvalue weighted by atomic mass is 10.1. The molecule has 2 amide bonds. The number of amides is 2. The number of aliphatic hydroxyl groups excluding tert-OH is 1. The van der Waals surface area contributed by atoms with E-state index in [0.717, 1.165) is 18.5 Å². The van der Waals surface area contributed by atoms with Crippen molar-refractivity contribution in [3.8, 4) is 5.88 Å². The van der Waals surface area contributed by atoms with Crippen molar-refractivity contribution in [2.24, 2.45) is 0 Å². The van der Waals surface area contributed by atoms with Crippen LogP contribution in [-0.2, 0) is 17.9 Å². The third kappa shape index (κ3) is 3.46. The van der Waals surface area contributed by atoms with Crippen molar-refractivity contribution in [3.63, 3.8) is 0 Å². The zero-order valence-corrected chi connectivity index (χ0v) is 14.7. The number of aromatic nitrogens is 1. The van der Waals surface area contributed by atoms with E-state index in [1.54, 1.807) is 13.0 Å². The molecule has 7 nitrogen and oxygen atoms in total. The molecule has 0 aromatic carbocycles. The van der Waals surface area contributed by atoms with E-state index in [1.165, 1.54) is 20.0 Å². The summed E-state index contributed by atoms with van der Waals surface area (Å²) in [4.78, 5) is 30.9. The van der Waals surface area contributed by atoms with Gasteiger partial charge in [0.25, 0.3) is 5.91 Å². The Kier molecular flexibility index (Phi) is 5.22. The molecule has 0 bridgehead atoms. The van der Waals surface area contributed by atoms with Crippen LogP contribution in [0.3, 0.4) is 0 Å². The predicted octanol–water partition coefficient (Wildman–Crippen LogP) is 1.38. The summed E-state index contributed by atoms with van der Waals surface area (Å²) in [5, 5.41) is 12.2. The Balaban J connectivity index is 1.78. The van der Waals surface area contributed by atoms with E-state index >= 15 is 0 Å². The van der Waals surface area contributed by atoms with Crippen molar-refractivity contribution < 1.29 is 19.4 Å². The Morgan fingerprint density at radius 3 is 2.84 bits per heavy atom. The Morgan fingerprint density at radius 1 is 1.48 bits per heavy atom. The fourth-order valence-corrected chi connectivity index (χ4v) is 3.57. The molecule has 1 aliphatic heterocycles. The molecule has 1 aliphatic carbocycles. The minimum absolute atomic E-state index is 0.0122. The van der Waals surface area contributed by atoms with Crippen LogP contribution in [0.4, 0.5) is 0 Å². The van der Waals surface area contributed by atoms with Crippen LogP contribution >= 0.6 is 0 Å². The van der Waals surface area contributed by atoms with E-state index in [4.69, 9.17) is 4.74 Å². The minimum Gasteiger partial charge on any atom is -0.481 e. The van der Waals surface area contributed by atoms with Gasteiger partial charge in [0, 0.05) is 18.2 Å². The van der Waals surface area contributed by atoms with Crippen molar-refractivity contribution in [2.75, 3.05) is 7.11 Å². The summed E-state index contributed by atoms with van der Waals surface area (Å²) < 4.78 is 5.33. The Morgan fingerprint density at radius 2 is 2.20 bits per heavy atom. The first-order valence-electron chi connectivity index (χ1n) is 8.88. The van der Waals surface area contributed by atoms with Gasteiger partial charge >= 0.3 is 0 Å². The first-order valence-corrected chi connectivity index (χ1v) is 8.88. The number of hydrogen-bond donors (Lipinski definition) is 2. The first-order chi connectivity index (χ1) is 12.0. The van der Waals surface area contributed by atoms with Gasteiger partial charge in [0.1, 0.15) is 6.10 Å². The molecule has 0 saturated heterocycles. The highest BCUT2D eigenvalue weighted by molar-refractivity contribution is 5.98. The molecule has 1 aromatic rings. The maximum absolute atomic E-state index is 12.7. The smallest absolute Gasteiger partial charge is 0.256 e. The normalized spacial score (nSPS) is 18.4. The molecule has 25 heavy (non-hydrogen) atoms. The number of aliphatic hydroxyl groups is 1. The van der Waals surface area contributed by atoms with Gasteiger partial charge in [-0.3, -0.25) is 9.59 Å². The van der Waals surface area contributed by atoms with Crippen LogP contribution in [0.5, 0.6) is 5.88 Å². The number of nitrogens with zero attached hydrogens (tertiary/aromatic N) is 2. The summed E-state index contributed by atoms with van der Waals surface area (Å²) in [5.41, 5.74) is 1.96. The summed E-state index contributed by atoms with van der Waals surface area (Å²) in [6.45, 7) is 2.42. The molecular weight excluding hydrogens is 322 g/mol. The summed E-state index contributed by atoms with van der Waals surface area (Å²) in [7, 11) is 1.52. The average Bonchev–Trinajstić information content (AvgIpc) is 3.26. The minimum atomic E-state index is -1.03. The zero-order chi connectivity index (χ0) is 18.0. The van der Waals surface area contributed by atoms with Crippen LogP contribution in [0.2, 0.25) is 0 Å². The number of carbonyl (C=O) groups is 2. The molecule has 1 saturated carbocycles. The van der Waals surface area contributed by atoms with Crippen molar-refractivity contribution in [3.05, 3.63) is 22.9 Å². The topological polar surface area (TPSA) is 91.8 Å². The average molecular weight is 347 g/mol. The maximum atomic E-state index is 12.7. The lowest BCUT2D eigenvalue weighted by Crippen LogP contribution is -2.34. The van der Waals surface area contributed by atoms with E-state index in [1.807, 2.05) is 4.90 Å². The quantitative estimate of drug-likeness (QED) is 0.811. The van der Waals surface area contributed by atoms with Gasteiger partial charge in [0.05, 0.1) is 24.9 Å². The molecule has 3 rings (SSSR count). The second kappa shape index (κ2) is 7.39. The number of nitrogens with one attached hydrogen (secondary N) is 1. The molecule has 1 atom stereocenters. The molecule has 7 heteroatoms. The van der Waals surface area contributed by atoms with Crippen LogP contribution in [0.1, 0.15) is 60.6 Å². The standard InChI is InChI=1S/C18H25N3O4/c1-3-15(22)16(23)19-9-11-8-13-14(20-17(11)25-2)10-21(18(13)24)12-6-4-5-7-12/h8,12,15,22H,3-7,9-10H2,1-2H3,(H,19,23)/t15-/m0/s1. The van der Waals surface area contributed by atoms with E-state index in [2.05, 4.69) is 10.3 Å². The van der Waals surface area contributed by atoms with Gasteiger partial charge in [0.15, 0.2) is 0 Å². The van der Waals surface area contributed by atoms with Crippen LogP contribution in [0.25, 0.3) is 0 Å². The van der Waals surface area contributed by atoms with E-state index in [9.17, 15) is 14.7 Å². The third-order valence-electron chi connectivity index (χ3n) is 5.05. The number of pyridine rings is 1. The van der Waals surface area contributed by atoms with Gasteiger partial charge in [0.2, 0.25) is 11.8 Å². The van der Waals surface area contributed by atoms with Crippen molar-refractivity contribution >= 4 is 11.8 Å². The molecule has 136 valence electrons. The highest BCUT2D eigenvalue weighted by Crippen LogP contribution is 2.33.